The molecular weight excluding hydrogens is 389 g/mol. The molecule has 30 heavy (non-hydrogen) atoms. The summed E-state index contributed by atoms with van der Waals surface area (Å²) in [5.74, 6) is 0.231. The third-order valence-electron chi connectivity index (χ3n) is 5.93. The fourth-order valence-corrected chi connectivity index (χ4v) is 4.36. The molecule has 0 spiro atoms. The summed E-state index contributed by atoms with van der Waals surface area (Å²) in [6.07, 6.45) is 1.77. The van der Waals surface area contributed by atoms with E-state index in [4.69, 9.17) is 9.47 Å². The van der Waals surface area contributed by atoms with Crippen molar-refractivity contribution in [2.24, 2.45) is 0 Å². The minimum Gasteiger partial charge on any atom is -0.454 e. The van der Waals surface area contributed by atoms with Crippen LogP contribution in [0.25, 0.3) is 0 Å². The van der Waals surface area contributed by atoms with Gasteiger partial charge in [-0.2, -0.15) is 0 Å². The van der Waals surface area contributed by atoms with E-state index in [1.54, 1.807) is 12.1 Å². The molecule has 0 bridgehead atoms. The Morgan fingerprint density at radius 1 is 1.00 bits per heavy atom. The Morgan fingerprint density at radius 3 is 2.57 bits per heavy atom. The number of piperidine rings is 1. The number of likely N-dealkylation sites (tertiary alicyclic amines) is 1. The van der Waals surface area contributed by atoms with Crippen molar-refractivity contribution in [2.45, 2.75) is 31.3 Å². The van der Waals surface area contributed by atoms with E-state index in [0.29, 0.717) is 13.1 Å². The second kappa shape index (κ2) is 7.60. The predicted molar refractivity (Wildman–Crippen MR) is 108 cm³/mol. The van der Waals surface area contributed by atoms with E-state index in [-0.39, 0.29) is 36.8 Å². The first kappa shape index (κ1) is 18.9. The summed E-state index contributed by atoms with van der Waals surface area (Å²) < 4.78 is 24.9. The number of nitrogens with one attached hydrogen (secondary N) is 1. The van der Waals surface area contributed by atoms with Gasteiger partial charge in [-0.3, -0.25) is 14.5 Å². The number of amides is 2. The second-order valence-electron chi connectivity index (χ2n) is 7.76. The number of hydrogen-bond donors (Lipinski definition) is 1. The van der Waals surface area contributed by atoms with Crippen molar-refractivity contribution in [3.05, 3.63) is 48.3 Å². The number of ether oxygens (including phenoxy) is 2. The molecule has 3 aliphatic heterocycles. The fourth-order valence-electron chi connectivity index (χ4n) is 4.36. The Labute approximate surface area is 173 Å². The summed E-state index contributed by atoms with van der Waals surface area (Å²) >= 11 is 0. The molecule has 2 fully saturated rings. The molecule has 1 unspecified atom stereocenters. The largest absolute Gasteiger partial charge is 0.454 e. The quantitative estimate of drug-likeness (QED) is 0.781. The molecule has 2 saturated heterocycles. The van der Waals surface area contributed by atoms with Gasteiger partial charge in [0.25, 0.3) is 5.91 Å². The lowest BCUT2D eigenvalue weighted by Crippen LogP contribution is -2.48. The normalized spacial score (nSPS) is 22.0. The average Bonchev–Trinajstić information content (AvgIpc) is 3.33. The van der Waals surface area contributed by atoms with Crippen LogP contribution in [-0.2, 0) is 9.59 Å². The zero-order chi connectivity index (χ0) is 20.7. The van der Waals surface area contributed by atoms with Crippen LogP contribution in [0.2, 0.25) is 0 Å². The molecule has 2 aromatic carbocycles. The van der Waals surface area contributed by atoms with Crippen molar-refractivity contribution in [1.29, 1.82) is 0 Å². The van der Waals surface area contributed by atoms with Crippen LogP contribution in [0.5, 0.6) is 11.5 Å². The van der Waals surface area contributed by atoms with Crippen molar-refractivity contribution >= 4 is 23.2 Å². The van der Waals surface area contributed by atoms with Crippen LogP contribution in [0.15, 0.2) is 42.5 Å². The molecule has 0 saturated carbocycles. The molecule has 2 aromatic rings. The Morgan fingerprint density at radius 2 is 1.77 bits per heavy atom. The molecule has 3 heterocycles. The molecule has 1 N–H and O–H groups in total. The van der Waals surface area contributed by atoms with Crippen molar-refractivity contribution in [2.75, 3.05) is 30.1 Å². The molecular formula is C22H22FN3O4. The number of imide groups is 1. The van der Waals surface area contributed by atoms with Crippen molar-refractivity contribution < 1.29 is 23.5 Å². The van der Waals surface area contributed by atoms with Gasteiger partial charge < -0.3 is 14.8 Å². The van der Waals surface area contributed by atoms with Crippen LogP contribution >= 0.6 is 0 Å². The number of rotatable bonds is 4. The van der Waals surface area contributed by atoms with E-state index in [2.05, 4.69) is 5.32 Å². The number of benzene rings is 2. The standard InChI is InChI=1S/C22H22FN3O4/c23-16-3-1-2-4-17(16)26-21(27)12-18(22(26)28)25-9-7-14(8-10-25)24-15-5-6-19-20(11-15)30-13-29-19/h1-6,11,14,18,24H,7-10,12-13H2. The predicted octanol–water partition coefficient (Wildman–Crippen LogP) is 2.76. The summed E-state index contributed by atoms with van der Waals surface area (Å²) in [6, 6.07) is 11.4. The van der Waals surface area contributed by atoms with E-state index >= 15 is 0 Å². The SMILES string of the molecule is O=C1CC(N2CCC(Nc3ccc4c(c3)OCO4)CC2)C(=O)N1c1ccccc1F. The van der Waals surface area contributed by atoms with Gasteiger partial charge in [-0.15, -0.1) is 0 Å². The highest BCUT2D eigenvalue weighted by molar-refractivity contribution is 6.22. The Kier molecular flexibility index (Phi) is 4.78. The van der Waals surface area contributed by atoms with Crippen molar-refractivity contribution in [1.82, 2.24) is 4.90 Å². The first-order chi connectivity index (χ1) is 14.6. The van der Waals surface area contributed by atoms with Crippen LogP contribution in [0.3, 0.4) is 0 Å². The average molecular weight is 411 g/mol. The van der Waals surface area contributed by atoms with Crippen LogP contribution in [0, 0.1) is 5.82 Å². The molecule has 8 heteroatoms. The van der Waals surface area contributed by atoms with E-state index in [0.717, 1.165) is 34.9 Å². The summed E-state index contributed by atoms with van der Waals surface area (Å²) in [4.78, 5) is 28.4. The molecule has 5 rings (SSSR count). The third kappa shape index (κ3) is 3.37. The highest BCUT2D eigenvalue weighted by Gasteiger charge is 2.44. The fraction of sp³-hybridized carbons (Fsp3) is 0.364. The van der Waals surface area contributed by atoms with Gasteiger partial charge in [0.1, 0.15) is 5.82 Å². The number of halogens is 1. The Bertz CT molecular complexity index is 990. The van der Waals surface area contributed by atoms with Gasteiger partial charge in [-0.1, -0.05) is 12.1 Å². The molecule has 1 atom stereocenters. The highest BCUT2D eigenvalue weighted by Crippen LogP contribution is 2.35. The maximum absolute atomic E-state index is 14.1. The molecule has 156 valence electrons. The lowest BCUT2D eigenvalue weighted by molar-refractivity contribution is -0.123. The van der Waals surface area contributed by atoms with Gasteiger partial charge in [-0.25, -0.2) is 9.29 Å². The van der Waals surface area contributed by atoms with E-state index < -0.39 is 11.9 Å². The molecule has 7 nitrogen and oxygen atoms in total. The third-order valence-corrected chi connectivity index (χ3v) is 5.93. The van der Waals surface area contributed by atoms with Crippen LogP contribution in [-0.4, -0.2) is 48.7 Å². The lowest BCUT2D eigenvalue weighted by atomic mass is 10.0. The zero-order valence-corrected chi connectivity index (χ0v) is 16.3. The summed E-state index contributed by atoms with van der Waals surface area (Å²) in [5, 5.41) is 3.51. The second-order valence-corrected chi connectivity index (χ2v) is 7.76. The van der Waals surface area contributed by atoms with Gasteiger partial charge in [0, 0.05) is 30.9 Å². The minimum atomic E-state index is -0.563. The van der Waals surface area contributed by atoms with Crippen molar-refractivity contribution in [3.63, 3.8) is 0 Å². The minimum absolute atomic E-state index is 0.0364. The zero-order valence-electron chi connectivity index (χ0n) is 16.3. The van der Waals surface area contributed by atoms with Gasteiger partial charge in [0.2, 0.25) is 12.7 Å². The number of hydrogen-bond acceptors (Lipinski definition) is 6. The van der Waals surface area contributed by atoms with Gasteiger partial charge in [0.05, 0.1) is 18.2 Å². The number of fused-ring (bicyclic) bond motifs is 1. The van der Waals surface area contributed by atoms with Gasteiger partial charge in [-0.05, 0) is 37.1 Å². The number of anilines is 2. The Hall–Kier alpha value is -3.13. The van der Waals surface area contributed by atoms with E-state index in [1.165, 1.54) is 12.1 Å². The smallest absolute Gasteiger partial charge is 0.251 e. The molecule has 0 radical (unpaired) electrons. The van der Waals surface area contributed by atoms with Gasteiger partial charge >= 0.3 is 0 Å². The number of nitrogens with zero attached hydrogens (tertiary/aromatic N) is 2. The number of carbonyl (C=O) groups excluding carboxylic acids is 2. The lowest BCUT2D eigenvalue weighted by Gasteiger charge is -2.35. The van der Waals surface area contributed by atoms with Crippen LogP contribution in [0.4, 0.5) is 15.8 Å². The van der Waals surface area contributed by atoms with Crippen LogP contribution in [0.1, 0.15) is 19.3 Å². The van der Waals surface area contributed by atoms with Crippen molar-refractivity contribution in [3.8, 4) is 11.5 Å². The molecule has 2 amide bonds. The first-order valence-electron chi connectivity index (χ1n) is 10.1. The van der Waals surface area contributed by atoms with Crippen LogP contribution < -0.4 is 19.7 Å². The maximum Gasteiger partial charge on any atom is 0.251 e. The summed E-state index contributed by atoms with van der Waals surface area (Å²) in [7, 11) is 0. The van der Waals surface area contributed by atoms with E-state index in [1.807, 2.05) is 23.1 Å². The topological polar surface area (TPSA) is 71.1 Å². The monoisotopic (exact) mass is 411 g/mol. The first-order valence-corrected chi connectivity index (χ1v) is 10.1. The molecule has 0 aromatic heterocycles. The van der Waals surface area contributed by atoms with Gasteiger partial charge in [0.15, 0.2) is 11.5 Å². The summed E-state index contributed by atoms with van der Waals surface area (Å²) in [5.41, 5.74) is 1.00. The Balaban J connectivity index is 1.21. The summed E-state index contributed by atoms with van der Waals surface area (Å²) in [6.45, 7) is 1.63. The number of carbonyl (C=O) groups is 2. The number of para-hydroxylation sites is 1. The molecule has 3 aliphatic rings. The highest BCUT2D eigenvalue weighted by atomic mass is 19.1. The molecule has 0 aliphatic carbocycles. The maximum atomic E-state index is 14.1. The van der Waals surface area contributed by atoms with E-state index in [9.17, 15) is 14.0 Å².